The van der Waals surface area contributed by atoms with Gasteiger partial charge < -0.3 is 10.2 Å². The molecule has 2 amide bonds. The van der Waals surface area contributed by atoms with Crippen LogP contribution in [0.15, 0.2) is 67.3 Å². The van der Waals surface area contributed by atoms with Gasteiger partial charge in [-0.2, -0.15) is 5.10 Å². The second-order valence-electron chi connectivity index (χ2n) is 8.89. The maximum absolute atomic E-state index is 13.9. The lowest BCUT2D eigenvalue weighted by atomic mass is 9.72. The number of para-hydroxylation sites is 1. The third-order valence-electron chi connectivity index (χ3n) is 7.18. The third-order valence-corrected chi connectivity index (χ3v) is 7.18. The lowest BCUT2D eigenvalue weighted by molar-refractivity contribution is -0.139. The van der Waals surface area contributed by atoms with Crippen molar-refractivity contribution in [3.05, 3.63) is 78.4 Å². The van der Waals surface area contributed by atoms with Crippen LogP contribution in [0.3, 0.4) is 0 Å². The molecule has 1 spiro atoms. The molecule has 7 heteroatoms. The van der Waals surface area contributed by atoms with Crippen LogP contribution in [0.2, 0.25) is 0 Å². The number of aromatic nitrogens is 3. The number of nitrogens with one attached hydrogen (secondary N) is 1. The van der Waals surface area contributed by atoms with E-state index in [-0.39, 0.29) is 17.9 Å². The normalized spacial score (nSPS) is 25.5. The first-order valence-electron chi connectivity index (χ1n) is 10.7. The van der Waals surface area contributed by atoms with Gasteiger partial charge in [-0.1, -0.05) is 24.3 Å². The molecule has 31 heavy (non-hydrogen) atoms. The minimum atomic E-state index is -0.795. The highest BCUT2D eigenvalue weighted by atomic mass is 16.2. The SMILES string of the molecule is O=C(N1CCC2(C(=O)Nc3ccccc32)C1c1cccnc1)C1(Cn2cccn2)CC1. The molecule has 6 rings (SSSR count). The summed E-state index contributed by atoms with van der Waals surface area (Å²) >= 11 is 0. The molecule has 3 aliphatic rings. The highest BCUT2D eigenvalue weighted by Gasteiger charge is 2.62. The van der Waals surface area contributed by atoms with Gasteiger partial charge in [-0.25, -0.2) is 0 Å². The maximum atomic E-state index is 13.9. The zero-order valence-corrected chi connectivity index (χ0v) is 17.1. The topological polar surface area (TPSA) is 80.1 Å². The van der Waals surface area contributed by atoms with Crippen molar-refractivity contribution in [1.82, 2.24) is 19.7 Å². The van der Waals surface area contributed by atoms with Crippen LogP contribution in [-0.2, 0) is 21.5 Å². The van der Waals surface area contributed by atoms with Gasteiger partial charge in [0.25, 0.3) is 0 Å². The number of likely N-dealkylation sites (tertiary alicyclic amines) is 1. The maximum Gasteiger partial charge on any atom is 0.237 e. The van der Waals surface area contributed by atoms with E-state index in [0.717, 1.165) is 29.7 Å². The van der Waals surface area contributed by atoms with Crippen molar-refractivity contribution in [1.29, 1.82) is 0 Å². The quantitative estimate of drug-likeness (QED) is 0.713. The fourth-order valence-electron chi connectivity index (χ4n) is 5.51. The fraction of sp³-hybridized carbons (Fsp3) is 0.333. The molecule has 1 saturated heterocycles. The standard InChI is InChI=1S/C24H23N5O2/c30-21-24(18-6-1-2-7-19(18)27-21)10-14-29(20(24)17-5-3-11-25-15-17)22(31)23(8-9-23)16-28-13-4-12-26-28/h1-7,11-13,15,20H,8-10,14,16H2,(H,27,30). The Morgan fingerprint density at radius 3 is 2.71 bits per heavy atom. The second-order valence-corrected chi connectivity index (χ2v) is 8.89. The summed E-state index contributed by atoms with van der Waals surface area (Å²) < 4.78 is 1.84. The molecule has 2 unspecified atom stereocenters. The molecule has 2 fully saturated rings. The molecule has 1 aliphatic carbocycles. The monoisotopic (exact) mass is 413 g/mol. The number of amides is 2. The van der Waals surface area contributed by atoms with E-state index in [9.17, 15) is 9.59 Å². The molecule has 3 aromatic rings. The molecule has 2 atom stereocenters. The zero-order chi connectivity index (χ0) is 21.1. The van der Waals surface area contributed by atoms with E-state index in [1.165, 1.54) is 0 Å². The van der Waals surface area contributed by atoms with E-state index in [4.69, 9.17) is 0 Å². The van der Waals surface area contributed by atoms with Gasteiger partial charge in [0.1, 0.15) is 5.41 Å². The summed E-state index contributed by atoms with van der Waals surface area (Å²) in [4.78, 5) is 33.6. The van der Waals surface area contributed by atoms with Crippen molar-refractivity contribution in [3.8, 4) is 0 Å². The molecule has 1 N–H and O–H groups in total. The molecule has 156 valence electrons. The van der Waals surface area contributed by atoms with Crippen LogP contribution >= 0.6 is 0 Å². The van der Waals surface area contributed by atoms with Gasteiger partial charge in [-0.05, 0) is 48.6 Å². The molecule has 2 aliphatic heterocycles. The Bertz CT molecular complexity index is 1160. The molecule has 0 radical (unpaired) electrons. The fourth-order valence-corrected chi connectivity index (χ4v) is 5.51. The highest BCUT2D eigenvalue weighted by Crippen LogP contribution is 2.57. The molecule has 0 bridgehead atoms. The predicted octanol–water partition coefficient (Wildman–Crippen LogP) is 2.92. The number of rotatable bonds is 4. The minimum Gasteiger partial charge on any atom is -0.334 e. The largest absolute Gasteiger partial charge is 0.334 e. The summed E-state index contributed by atoms with van der Waals surface area (Å²) in [5.74, 6) is 0.0840. The summed E-state index contributed by atoms with van der Waals surface area (Å²) in [6.45, 7) is 1.12. The molecule has 7 nitrogen and oxygen atoms in total. The first-order valence-corrected chi connectivity index (χ1v) is 10.7. The number of fused-ring (bicyclic) bond motifs is 2. The van der Waals surface area contributed by atoms with Crippen molar-refractivity contribution < 1.29 is 9.59 Å². The van der Waals surface area contributed by atoms with Gasteiger partial charge in [0.05, 0.1) is 18.0 Å². The molecule has 1 saturated carbocycles. The van der Waals surface area contributed by atoms with Gasteiger partial charge >= 0.3 is 0 Å². The predicted molar refractivity (Wildman–Crippen MR) is 114 cm³/mol. The number of nitrogens with zero attached hydrogens (tertiary/aromatic N) is 4. The molecular weight excluding hydrogens is 390 g/mol. The average molecular weight is 413 g/mol. The number of pyridine rings is 1. The van der Waals surface area contributed by atoms with Gasteiger partial charge in [0.15, 0.2) is 0 Å². The number of hydrogen-bond acceptors (Lipinski definition) is 4. The smallest absolute Gasteiger partial charge is 0.237 e. The van der Waals surface area contributed by atoms with Crippen molar-refractivity contribution in [2.45, 2.75) is 37.3 Å². The highest BCUT2D eigenvalue weighted by molar-refractivity contribution is 6.08. The summed E-state index contributed by atoms with van der Waals surface area (Å²) in [5.41, 5.74) is 1.48. The third kappa shape index (κ3) is 2.59. The van der Waals surface area contributed by atoms with E-state index in [2.05, 4.69) is 15.4 Å². The lowest BCUT2D eigenvalue weighted by Crippen LogP contribution is -2.45. The van der Waals surface area contributed by atoms with Crippen molar-refractivity contribution in [3.63, 3.8) is 0 Å². The van der Waals surface area contributed by atoms with E-state index in [0.29, 0.717) is 19.5 Å². The zero-order valence-electron chi connectivity index (χ0n) is 17.1. The van der Waals surface area contributed by atoms with E-state index in [1.54, 1.807) is 18.6 Å². The number of carbonyl (C=O) groups excluding carboxylic acids is 2. The summed E-state index contributed by atoms with van der Waals surface area (Å²) in [6.07, 6.45) is 9.44. The molecule has 1 aromatic carbocycles. The van der Waals surface area contributed by atoms with Gasteiger partial charge in [0, 0.05) is 37.0 Å². The molecule has 4 heterocycles. The first-order chi connectivity index (χ1) is 15.1. The van der Waals surface area contributed by atoms with Gasteiger partial charge in [0.2, 0.25) is 11.8 Å². The first kappa shape index (κ1) is 18.3. The van der Waals surface area contributed by atoms with Crippen molar-refractivity contribution in [2.75, 3.05) is 11.9 Å². The Morgan fingerprint density at radius 2 is 1.97 bits per heavy atom. The number of carbonyl (C=O) groups is 2. The van der Waals surface area contributed by atoms with Crippen LogP contribution in [0, 0.1) is 5.41 Å². The molecular formula is C24H23N5O2. The van der Waals surface area contributed by atoms with Crippen molar-refractivity contribution in [2.24, 2.45) is 5.41 Å². The Morgan fingerprint density at radius 1 is 1.10 bits per heavy atom. The summed E-state index contributed by atoms with van der Waals surface area (Å²) in [5, 5.41) is 7.38. The lowest BCUT2D eigenvalue weighted by Gasteiger charge is -2.36. The Kier molecular flexibility index (Phi) is 3.84. The van der Waals surface area contributed by atoms with Crippen LogP contribution in [0.5, 0.6) is 0 Å². The summed E-state index contributed by atoms with van der Waals surface area (Å²) in [6, 6.07) is 13.2. The number of hydrogen-bond donors (Lipinski definition) is 1. The molecule has 2 aromatic heterocycles. The van der Waals surface area contributed by atoms with E-state index in [1.807, 2.05) is 58.2 Å². The van der Waals surface area contributed by atoms with E-state index < -0.39 is 10.8 Å². The van der Waals surface area contributed by atoms with Crippen LogP contribution in [0.25, 0.3) is 0 Å². The number of anilines is 1. The van der Waals surface area contributed by atoms with Gasteiger partial charge in [-0.15, -0.1) is 0 Å². The van der Waals surface area contributed by atoms with Gasteiger partial charge in [-0.3, -0.25) is 19.3 Å². The van der Waals surface area contributed by atoms with E-state index >= 15 is 0 Å². The summed E-state index contributed by atoms with van der Waals surface area (Å²) in [7, 11) is 0. The van der Waals surface area contributed by atoms with Crippen LogP contribution in [0.4, 0.5) is 5.69 Å². The minimum absolute atomic E-state index is 0.0326. The Hall–Kier alpha value is -3.48. The van der Waals surface area contributed by atoms with Crippen LogP contribution in [0.1, 0.15) is 36.4 Å². The number of benzene rings is 1. The van der Waals surface area contributed by atoms with Crippen molar-refractivity contribution >= 4 is 17.5 Å². The Balaban J connectivity index is 1.44. The van der Waals surface area contributed by atoms with Crippen LogP contribution < -0.4 is 5.32 Å². The second kappa shape index (κ2) is 6.51. The Labute approximate surface area is 180 Å². The van der Waals surface area contributed by atoms with Crippen LogP contribution in [-0.4, -0.2) is 38.0 Å². The average Bonchev–Trinajstić information content (AvgIpc) is 3.13.